The lowest BCUT2D eigenvalue weighted by molar-refractivity contribution is 0.355. The first-order valence-corrected chi connectivity index (χ1v) is 12.2. The highest BCUT2D eigenvalue weighted by molar-refractivity contribution is 5.88. The molecule has 0 saturated carbocycles. The molecule has 0 amide bonds. The van der Waals surface area contributed by atoms with Gasteiger partial charge in [-0.15, -0.1) is 0 Å². The van der Waals surface area contributed by atoms with Gasteiger partial charge in [0.1, 0.15) is 11.5 Å². The van der Waals surface area contributed by atoms with Gasteiger partial charge >= 0.3 is 0 Å². The Balaban J connectivity index is 1.31. The van der Waals surface area contributed by atoms with Crippen molar-refractivity contribution in [1.29, 1.82) is 0 Å². The maximum Gasteiger partial charge on any atom is 0.162 e. The first-order valence-electron chi connectivity index (χ1n) is 12.2. The molecule has 36 heavy (non-hydrogen) atoms. The van der Waals surface area contributed by atoms with Gasteiger partial charge in [0.25, 0.3) is 0 Å². The number of benzene rings is 3. The van der Waals surface area contributed by atoms with Crippen molar-refractivity contribution in [3.8, 4) is 23.0 Å². The second-order valence-electron chi connectivity index (χ2n) is 8.91. The SMILES string of the molecule is CNC1CCCN(c2ccc(Nc3cccc(Oc4ccnc5cc(OC)c(OC)cc45)c3)cc2)C1. The van der Waals surface area contributed by atoms with Gasteiger partial charge in [0.2, 0.25) is 0 Å². The quantitative estimate of drug-likeness (QED) is 0.319. The van der Waals surface area contributed by atoms with E-state index in [2.05, 4.69) is 44.8 Å². The number of hydrogen-bond donors (Lipinski definition) is 2. The zero-order chi connectivity index (χ0) is 24.9. The molecule has 3 aromatic carbocycles. The fourth-order valence-electron chi connectivity index (χ4n) is 4.67. The number of piperidine rings is 1. The van der Waals surface area contributed by atoms with Crippen LogP contribution in [0.1, 0.15) is 12.8 Å². The summed E-state index contributed by atoms with van der Waals surface area (Å²) < 4.78 is 17.1. The Morgan fingerprint density at radius 1 is 0.889 bits per heavy atom. The lowest BCUT2D eigenvalue weighted by atomic mass is 10.1. The van der Waals surface area contributed by atoms with E-state index in [0.29, 0.717) is 23.3 Å². The first-order chi connectivity index (χ1) is 17.7. The number of ether oxygens (including phenoxy) is 3. The highest BCUT2D eigenvalue weighted by atomic mass is 16.5. The van der Waals surface area contributed by atoms with E-state index in [4.69, 9.17) is 14.2 Å². The van der Waals surface area contributed by atoms with Crippen LogP contribution in [0.15, 0.2) is 72.9 Å². The summed E-state index contributed by atoms with van der Waals surface area (Å²) in [6.07, 6.45) is 4.18. The van der Waals surface area contributed by atoms with Crippen molar-refractivity contribution in [3.05, 3.63) is 72.9 Å². The predicted octanol–water partition coefficient (Wildman–Crippen LogP) is 5.98. The van der Waals surface area contributed by atoms with Gasteiger partial charge in [-0.1, -0.05) is 6.07 Å². The lowest BCUT2D eigenvalue weighted by Crippen LogP contribution is -2.44. The number of nitrogens with one attached hydrogen (secondary N) is 2. The maximum atomic E-state index is 6.27. The van der Waals surface area contributed by atoms with Crippen molar-refractivity contribution in [1.82, 2.24) is 10.3 Å². The van der Waals surface area contributed by atoms with Crippen LogP contribution in [0.5, 0.6) is 23.0 Å². The minimum atomic E-state index is 0.555. The van der Waals surface area contributed by atoms with Crippen molar-refractivity contribution in [3.63, 3.8) is 0 Å². The van der Waals surface area contributed by atoms with Crippen LogP contribution in [0.2, 0.25) is 0 Å². The van der Waals surface area contributed by atoms with E-state index in [1.807, 2.05) is 49.5 Å². The van der Waals surface area contributed by atoms with E-state index >= 15 is 0 Å². The van der Waals surface area contributed by atoms with Gasteiger partial charge in [-0.25, -0.2) is 0 Å². The van der Waals surface area contributed by atoms with Crippen LogP contribution in [0.3, 0.4) is 0 Å². The molecule has 7 heteroatoms. The molecular formula is C29H32N4O3. The number of likely N-dealkylation sites (N-methyl/N-ethyl adjacent to an activating group) is 1. The summed E-state index contributed by atoms with van der Waals surface area (Å²) in [6.45, 7) is 2.15. The third-order valence-corrected chi connectivity index (χ3v) is 6.62. The molecule has 1 aromatic heterocycles. The van der Waals surface area contributed by atoms with Crippen LogP contribution in [-0.2, 0) is 0 Å². The molecule has 1 aliphatic heterocycles. The van der Waals surface area contributed by atoms with Gasteiger partial charge in [0, 0.05) is 59.9 Å². The predicted molar refractivity (Wildman–Crippen MR) is 145 cm³/mol. The van der Waals surface area contributed by atoms with Crippen LogP contribution < -0.4 is 29.7 Å². The minimum absolute atomic E-state index is 0.555. The third kappa shape index (κ3) is 5.16. The molecule has 1 aliphatic rings. The highest BCUT2D eigenvalue weighted by Gasteiger charge is 2.18. The molecule has 0 radical (unpaired) electrons. The molecule has 0 bridgehead atoms. The molecule has 2 N–H and O–H groups in total. The molecule has 1 atom stereocenters. The van der Waals surface area contributed by atoms with E-state index in [0.717, 1.165) is 41.1 Å². The van der Waals surface area contributed by atoms with E-state index in [1.165, 1.54) is 18.5 Å². The van der Waals surface area contributed by atoms with Crippen LogP contribution in [-0.4, -0.2) is 45.4 Å². The van der Waals surface area contributed by atoms with E-state index in [9.17, 15) is 0 Å². The Labute approximate surface area is 212 Å². The Morgan fingerprint density at radius 2 is 1.69 bits per heavy atom. The van der Waals surface area contributed by atoms with Crippen LogP contribution >= 0.6 is 0 Å². The number of nitrogens with zero attached hydrogens (tertiary/aromatic N) is 2. The van der Waals surface area contributed by atoms with Gasteiger partial charge < -0.3 is 29.7 Å². The van der Waals surface area contributed by atoms with Crippen LogP contribution in [0, 0.1) is 0 Å². The summed E-state index contributed by atoms with van der Waals surface area (Å²) in [6, 6.07) is 22.7. The molecule has 5 rings (SSSR count). The molecule has 4 aromatic rings. The van der Waals surface area contributed by atoms with E-state index in [-0.39, 0.29) is 0 Å². The lowest BCUT2D eigenvalue weighted by Gasteiger charge is -2.34. The zero-order valence-electron chi connectivity index (χ0n) is 21.0. The Kier molecular flexibility index (Phi) is 7.09. The summed E-state index contributed by atoms with van der Waals surface area (Å²) in [5.74, 6) is 2.69. The van der Waals surface area contributed by atoms with Gasteiger partial charge in [0.05, 0.1) is 19.7 Å². The number of anilines is 3. The first kappa shape index (κ1) is 23.8. The fraction of sp³-hybridized carbons (Fsp3) is 0.276. The second-order valence-corrected chi connectivity index (χ2v) is 8.91. The van der Waals surface area contributed by atoms with Crippen molar-refractivity contribution in [2.75, 3.05) is 44.6 Å². The Bertz CT molecular complexity index is 1330. The number of methoxy groups -OCH3 is 2. The summed E-state index contributed by atoms with van der Waals surface area (Å²) >= 11 is 0. The molecule has 0 aliphatic carbocycles. The highest BCUT2D eigenvalue weighted by Crippen LogP contribution is 2.37. The number of pyridine rings is 1. The van der Waals surface area contributed by atoms with Crippen molar-refractivity contribution in [2.24, 2.45) is 0 Å². The molecule has 2 heterocycles. The molecule has 1 unspecified atom stereocenters. The van der Waals surface area contributed by atoms with Gasteiger partial charge in [-0.3, -0.25) is 4.98 Å². The average molecular weight is 485 g/mol. The molecule has 186 valence electrons. The van der Waals surface area contributed by atoms with E-state index < -0.39 is 0 Å². The van der Waals surface area contributed by atoms with E-state index in [1.54, 1.807) is 20.4 Å². The zero-order valence-corrected chi connectivity index (χ0v) is 21.0. The topological polar surface area (TPSA) is 67.9 Å². The summed E-state index contributed by atoms with van der Waals surface area (Å²) in [4.78, 5) is 6.91. The molecule has 0 spiro atoms. The summed E-state index contributed by atoms with van der Waals surface area (Å²) in [5.41, 5.74) is 4.01. The van der Waals surface area contributed by atoms with Crippen molar-refractivity contribution >= 4 is 28.0 Å². The third-order valence-electron chi connectivity index (χ3n) is 6.62. The number of hydrogen-bond acceptors (Lipinski definition) is 7. The standard InChI is InChI=1S/C29H32N4O3/c1-30-22-7-5-15-33(19-22)23-11-9-20(10-12-23)32-21-6-4-8-24(16-21)36-27-13-14-31-26-18-29(35-3)28(34-2)17-25(26)27/h4,6,8-14,16-18,22,30,32H,5,7,15,19H2,1-3H3. The Hall–Kier alpha value is -3.97. The minimum Gasteiger partial charge on any atom is -0.493 e. The van der Waals surface area contributed by atoms with Crippen molar-refractivity contribution in [2.45, 2.75) is 18.9 Å². The van der Waals surface area contributed by atoms with Crippen LogP contribution in [0.25, 0.3) is 10.9 Å². The Morgan fingerprint density at radius 3 is 2.47 bits per heavy atom. The smallest absolute Gasteiger partial charge is 0.162 e. The summed E-state index contributed by atoms with van der Waals surface area (Å²) in [5, 5.41) is 7.75. The molecule has 1 saturated heterocycles. The maximum absolute atomic E-state index is 6.27. The monoisotopic (exact) mass is 484 g/mol. The number of fused-ring (bicyclic) bond motifs is 1. The average Bonchev–Trinajstić information content (AvgIpc) is 2.93. The molecule has 1 fully saturated rings. The van der Waals surface area contributed by atoms with Gasteiger partial charge in [-0.05, 0) is 68.4 Å². The molecule has 7 nitrogen and oxygen atoms in total. The molecular weight excluding hydrogens is 452 g/mol. The van der Waals surface area contributed by atoms with Gasteiger partial charge in [-0.2, -0.15) is 0 Å². The normalized spacial score (nSPS) is 15.5. The van der Waals surface area contributed by atoms with Crippen LogP contribution in [0.4, 0.5) is 17.1 Å². The largest absolute Gasteiger partial charge is 0.493 e. The number of aromatic nitrogens is 1. The summed E-state index contributed by atoms with van der Waals surface area (Å²) in [7, 11) is 5.28. The van der Waals surface area contributed by atoms with Gasteiger partial charge in [0.15, 0.2) is 11.5 Å². The second kappa shape index (κ2) is 10.7. The van der Waals surface area contributed by atoms with Crippen molar-refractivity contribution < 1.29 is 14.2 Å². The number of rotatable bonds is 8. The fourth-order valence-corrected chi connectivity index (χ4v) is 4.67.